The van der Waals surface area contributed by atoms with Gasteiger partial charge in [-0.1, -0.05) is 13.8 Å². The summed E-state index contributed by atoms with van der Waals surface area (Å²) in [5.74, 6) is -2.22. The second kappa shape index (κ2) is 7.95. The predicted octanol–water partition coefficient (Wildman–Crippen LogP) is 2.94. The molecule has 130 valence electrons. The molecule has 1 atom stereocenters. The van der Waals surface area contributed by atoms with Crippen molar-refractivity contribution in [3.63, 3.8) is 0 Å². The summed E-state index contributed by atoms with van der Waals surface area (Å²) in [6, 6.07) is 0. The first-order valence-electron chi connectivity index (χ1n) is 7.83. The maximum atomic E-state index is 12.4. The summed E-state index contributed by atoms with van der Waals surface area (Å²) in [4.78, 5) is 24.7. The first-order valence-corrected chi connectivity index (χ1v) is 7.83. The van der Waals surface area contributed by atoms with Crippen LogP contribution in [-0.4, -0.2) is 34.9 Å². The highest BCUT2D eigenvalue weighted by atomic mass is 16.6. The molecule has 0 aliphatic carbocycles. The van der Waals surface area contributed by atoms with E-state index in [4.69, 9.17) is 9.47 Å². The zero-order valence-corrected chi connectivity index (χ0v) is 15.2. The van der Waals surface area contributed by atoms with Gasteiger partial charge in [-0.15, -0.1) is 0 Å². The van der Waals surface area contributed by atoms with Crippen LogP contribution in [0.3, 0.4) is 0 Å². The van der Waals surface area contributed by atoms with Gasteiger partial charge in [-0.25, -0.2) is 0 Å². The summed E-state index contributed by atoms with van der Waals surface area (Å²) in [6.45, 7) is 14.3. The van der Waals surface area contributed by atoms with Gasteiger partial charge in [0.15, 0.2) is 5.92 Å². The molecular weight excluding hydrogens is 284 g/mol. The molecule has 0 aromatic heterocycles. The number of aliphatic hydroxyl groups excluding tert-OH is 1. The predicted molar refractivity (Wildman–Crippen MR) is 85.2 cm³/mol. The van der Waals surface area contributed by atoms with Crippen LogP contribution in [0.25, 0.3) is 0 Å². The lowest BCUT2D eigenvalue weighted by atomic mass is 9.86. The Bertz CT molecular complexity index is 345. The van der Waals surface area contributed by atoms with E-state index in [0.717, 1.165) is 0 Å². The summed E-state index contributed by atoms with van der Waals surface area (Å²) >= 11 is 0. The zero-order valence-electron chi connectivity index (χ0n) is 15.2. The summed E-state index contributed by atoms with van der Waals surface area (Å²) in [7, 11) is 0. The number of aliphatic hydroxyl groups is 1. The van der Waals surface area contributed by atoms with Crippen LogP contribution in [0.1, 0.15) is 61.8 Å². The fraction of sp³-hybridized carbons (Fsp3) is 0.882. The molecule has 0 aliphatic heterocycles. The second-order valence-electron chi connectivity index (χ2n) is 8.04. The molecule has 0 heterocycles. The smallest absolute Gasteiger partial charge is 0.320 e. The number of carbonyl (C=O) groups is 2. The molecule has 0 aromatic rings. The Morgan fingerprint density at radius 2 is 1.27 bits per heavy atom. The van der Waals surface area contributed by atoms with Crippen LogP contribution < -0.4 is 0 Å². The third-order valence-electron chi connectivity index (χ3n) is 3.10. The van der Waals surface area contributed by atoms with E-state index in [1.165, 1.54) is 0 Å². The van der Waals surface area contributed by atoms with Gasteiger partial charge in [0.25, 0.3) is 0 Å². The van der Waals surface area contributed by atoms with E-state index in [9.17, 15) is 14.7 Å². The monoisotopic (exact) mass is 316 g/mol. The molecule has 0 saturated heterocycles. The van der Waals surface area contributed by atoms with Gasteiger partial charge in [-0.3, -0.25) is 9.59 Å². The van der Waals surface area contributed by atoms with Crippen LogP contribution in [0.15, 0.2) is 0 Å². The van der Waals surface area contributed by atoms with Crippen LogP contribution in [0.2, 0.25) is 0 Å². The van der Waals surface area contributed by atoms with Gasteiger partial charge in [-0.2, -0.15) is 0 Å². The molecule has 0 fully saturated rings. The Kier molecular flexibility index (Phi) is 7.55. The standard InChI is InChI=1S/C17H32O5/c1-11(2)12(10-18)9-13(14(19)21-16(3,4)5)15(20)22-17(6,7)8/h11-13,18H,9-10H2,1-8H3. The van der Waals surface area contributed by atoms with Crippen molar-refractivity contribution in [2.24, 2.45) is 17.8 Å². The Hall–Kier alpha value is -1.10. The SMILES string of the molecule is CC(C)C(CO)CC(C(=O)OC(C)(C)C)C(=O)OC(C)(C)C. The molecule has 0 spiro atoms. The molecule has 5 heteroatoms. The van der Waals surface area contributed by atoms with Gasteiger partial charge >= 0.3 is 11.9 Å². The zero-order chi connectivity index (χ0) is 17.7. The summed E-state index contributed by atoms with van der Waals surface area (Å²) in [5.41, 5.74) is -1.35. The van der Waals surface area contributed by atoms with E-state index < -0.39 is 29.1 Å². The molecule has 22 heavy (non-hydrogen) atoms. The topological polar surface area (TPSA) is 72.8 Å². The summed E-state index contributed by atoms with van der Waals surface area (Å²) in [6.07, 6.45) is 0.220. The Balaban J connectivity index is 5.21. The van der Waals surface area contributed by atoms with Crippen molar-refractivity contribution in [1.82, 2.24) is 0 Å². The van der Waals surface area contributed by atoms with Crippen LogP contribution in [0.4, 0.5) is 0 Å². The van der Waals surface area contributed by atoms with Gasteiger partial charge in [0, 0.05) is 6.61 Å². The molecule has 1 N–H and O–H groups in total. The highest BCUT2D eigenvalue weighted by Gasteiger charge is 2.37. The van der Waals surface area contributed by atoms with Crippen molar-refractivity contribution in [2.75, 3.05) is 6.61 Å². The number of hydrogen-bond donors (Lipinski definition) is 1. The fourth-order valence-electron chi connectivity index (χ4n) is 1.89. The van der Waals surface area contributed by atoms with Crippen molar-refractivity contribution >= 4 is 11.9 Å². The average molecular weight is 316 g/mol. The van der Waals surface area contributed by atoms with E-state index in [-0.39, 0.29) is 24.9 Å². The first-order chi connectivity index (χ1) is 9.76. The van der Waals surface area contributed by atoms with Crippen molar-refractivity contribution in [2.45, 2.75) is 73.0 Å². The van der Waals surface area contributed by atoms with Crippen molar-refractivity contribution in [3.05, 3.63) is 0 Å². The Morgan fingerprint density at radius 1 is 0.909 bits per heavy atom. The number of ether oxygens (including phenoxy) is 2. The normalized spacial score (nSPS) is 14.1. The number of carbonyl (C=O) groups excluding carboxylic acids is 2. The Labute approximate surface area is 134 Å². The number of esters is 2. The van der Waals surface area contributed by atoms with Crippen molar-refractivity contribution < 1.29 is 24.2 Å². The molecule has 0 rings (SSSR count). The van der Waals surface area contributed by atoms with Gasteiger partial charge in [0.05, 0.1) is 0 Å². The molecule has 0 aromatic carbocycles. The third kappa shape index (κ3) is 8.37. The fourth-order valence-corrected chi connectivity index (χ4v) is 1.89. The summed E-state index contributed by atoms with van der Waals surface area (Å²) in [5, 5.41) is 9.47. The van der Waals surface area contributed by atoms with Crippen LogP contribution in [0, 0.1) is 17.8 Å². The van der Waals surface area contributed by atoms with Gasteiger partial charge in [0.2, 0.25) is 0 Å². The highest BCUT2D eigenvalue weighted by Crippen LogP contribution is 2.25. The minimum Gasteiger partial charge on any atom is -0.459 e. The molecule has 0 bridgehead atoms. The van der Waals surface area contributed by atoms with E-state index in [1.54, 1.807) is 41.5 Å². The second-order valence-corrected chi connectivity index (χ2v) is 8.04. The molecule has 5 nitrogen and oxygen atoms in total. The maximum absolute atomic E-state index is 12.4. The van der Waals surface area contributed by atoms with Crippen molar-refractivity contribution in [1.29, 1.82) is 0 Å². The quantitative estimate of drug-likeness (QED) is 0.602. The first kappa shape index (κ1) is 20.9. The highest BCUT2D eigenvalue weighted by molar-refractivity contribution is 5.95. The van der Waals surface area contributed by atoms with E-state index in [0.29, 0.717) is 0 Å². The Morgan fingerprint density at radius 3 is 1.50 bits per heavy atom. The molecule has 0 aliphatic rings. The van der Waals surface area contributed by atoms with Crippen LogP contribution in [-0.2, 0) is 19.1 Å². The molecule has 0 amide bonds. The number of rotatable bonds is 6. The lowest BCUT2D eigenvalue weighted by Crippen LogP contribution is -2.38. The van der Waals surface area contributed by atoms with Crippen LogP contribution >= 0.6 is 0 Å². The minimum absolute atomic E-state index is 0.0836. The van der Waals surface area contributed by atoms with Gasteiger partial charge in [-0.05, 0) is 59.8 Å². The number of hydrogen-bond acceptors (Lipinski definition) is 5. The largest absolute Gasteiger partial charge is 0.459 e. The maximum Gasteiger partial charge on any atom is 0.320 e. The lowest BCUT2D eigenvalue weighted by molar-refractivity contribution is -0.175. The van der Waals surface area contributed by atoms with E-state index in [2.05, 4.69) is 0 Å². The van der Waals surface area contributed by atoms with Crippen molar-refractivity contribution in [3.8, 4) is 0 Å². The third-order valence-corrected chi connectivity index (χ3v) is 3.10. The minimum atomic E-state index is -1.02. The van der Waals surface area contributed by atoms with Crippen LogP contribution in [0.5, 0.6) is 0 Å². The summed E-state index contributed by atoms with van der Waals surface area (Å²) < 4.78 is 10.7. The average Bonchev–Trinajstić information content (AvgIpc) is 2.24. The molecule has 0 radical (unpaired) electrons. The lowest BCUT2D eigenvalue weighted by Gasteiger charge is -2.28. The van der Waals surface area contributed by atoms with Gasteiger partial charge in [0.1, 0.15) is 11.2 Å². The van der Waals surface area contributed by atoms with Gasteiger partial charge < -0.3 is 14.6 Å². The van der Waals surface area contributed by atoms with E-state index in [1.807, 2.05) is 13.8 Å². The molecule has 1 unspecified atom stereocenters. The molecular formula is C17H32O5. The molecule has 0 saturated carbocycles. The van der Waals surface area contributed by atoms with E-state index >= 15 is 0 Å².